The van der Waals surface area contributed by atoms with E-state index in [1.807, 2.05) is 47.4 Å². The molecule has 1 amide bonds. The second kappa shape index (κ2) is 9.84. The van der Waals surface area contributed by atoms with Crippen LogP contribution in [0.25, 0.3) is 16.9 Å². The van der Waals surface area contributed by atoms with Gasteiger partial charge in [-0.1, -0.05) is 18.2 Å². The van der Waals surface area contributed by atoms with Crippen LogP contribution in [0.4, 0.5) is 5.95 Å². The fourth-order valence-electron chi connectivity index (χ4n) is 4.17. The SMILES string of the molecule is COc1ccc(-c2nn(-c3ccccc3)cc2C(=O)N2CCN(c3ncccn3)CC2)c(OC)c1. The first kappa shape index (κ1) is 22.4. The van der Waals surface area contributed by atoms with Crippen molar-refractivity contribution in [3.63, 3.8) is 0 Å². The Kier molecular flexibility index (Phi) is 6.30. The average Bonchev–Trinajstić information content (AvgIpc) is 3.38. The quantitative estimate of drug-likeness (QED) is 0.427. The molecule has 0 bridgehead atoms. The molecule has 0 spiro atoms. The summed E-state index contributed by atoms with van der Waals surface area (Å²) in [4.78, 5) is 26.4. The van der Waals surface area contributed by atoms with Crippen LogP contribution >= 0.6 is 0 Å². The number of nitrogens with zero attached hydrogens (tertiary/aromatic N) is 6. The Hall–Kier alpha value is -4.40. The zero-order chi connectivity index (χ0) is 24.2. The van der Waals surface area contributed by atoms with Gasteiger partial charge >= 0.3 is 0 Å². The number of carbonyl (C=O) groups is 1. The molecule has 0 unspecified atom stereocenters. The highest BCUT2D eigenvalue weighted by Crippen LogP contribution is 2.35. The van der Waals surface area contributed by atoms with Crippen molar-refractivity contribution in [1.82, 2.24) is 24.6 Å². The van der Waals surface area contributed by atoms with E-state index < -0.39 is 0 Å². The standard InChI is InChI=1S/C26H26N6O3/c1-34-20-9-10-21(23(17-20)35-2)24-22(18-32(29-24)19-7-4-3-5-8-19)25(33)30-13-15-31(16-14-30)26-27-11-6-12-28-26/h3-12,17-18H,13-16H2,1-2H3. The van der Waals surface area contributed by atoms with E-state index in [2.05, 4.69) is 14.9 Å². The summed E-state index contributed by atoms with van der Waals surface area (Å²) in [5.74, 6) is 1.86. The number of piperazine rings is 1. The monoisotopic (exact) mass is 470 g/mol. The molecule has 178 valence electrons. The van der Waals surface area contributed by atoms with Gasteiger partial charge in [-0.25, -0.2) is 14.6 Å². The Morgan fingerprint density at radius 1 is 0.886 bits per heavy atom. The number of carbonyl (C=O) groups excluding carboxylic acids is 1. The van der Waals surface area contributed by atoms with Gasteiger partial charge in [-0.3, -0.25) is 4.79 Å². The maximum Gasteiger partial charge on any atom is 0.257 e. The van der Waals surface area contributed by atoms with Crippen molar-refractivity contribution in [2.75, 3.05) is 45.3 Å². The molecule has 0 aliphatic carbocycles. The second-order valence-corrected chi connectivity index (χ2v) is 8.07. The minimum absolute atomic E-state index is 0.0753. The normalized spacial score (nSPS) is 13.5. The lowest BCUT2D eigenvalue weighted by Crippen LogP contribution is -2.49. The summed E-state index contributed by atoms with van der Waals surface area (Å²) in [6.45, 7) is 2.44. The number of hydrogen-bond acceptors (Lipinski definition) is 7. The summed E-state index contributed by atoms with van der Waals surface area (Å²) >= 11 is 0. The van der Waals surface area contributed by atoms with Crippen LogP contribution in [0, 0.1) is 0 Å². The first-order valence-electron chi connectivity index (χ1n) is 11.4. The van der Waals surface area contributed by atoms with Gasteiger partial charge in [-0.2, -0.15) is 5.10 Å². The van der Waals surface area contributed by atoms with Gasteiger partial charge < -0.3 is 19.3 Å². The van der Waals surface area contributed by atoms with Crippen molar-refractivity contribution >= 4 is 11.9 Å². The van der Waals surface area contributed by atoms with E-state index in [0.29, 0.717) is 54.9 Å². The van der Waals surface area contributed by atoms with Crippen LogP contribution in [0.1, 0.15) is 10.4 Å². The van der Waals surface area contributed by atoms with E-state index in [1.54, 1.807) is 49.6 Å². The number of benzene rings is 2. The van der Waals surface area contributed by atoms with Crippen LogP contribution < -0.4 is 14.4 Å². The number of anilines is 1. The summed E-state index contributed by atoms with van der Waals surface area (Å²) in [5.41, 5.74) is 2.67. The number of methoxy groups -OCH3 is 2. The lowest BCUT2D eigenvalue weighted by atomic mass is 10.1. The van der Waals surface area contributed by atoms with Crippen molar-refractivity contribution in [1.29, 1.82) is 0 Å². The predicted molar refractivity (Wildman–Crippen MR) is 132 cm³/mol. The highest BCUT2D eigenvalue weighted by atomic mass is 16.5. The molecule has 4 aromatic rings. The third kappa shape index (κ3) is 4.52. The minimum Gasteiger partial charge on any atom is -0.497 e. The predicted octanol–water partition coefficient (Wildman–Crippen LogP) is 3.31. The van der Waals surface area contributed by atoms with E-state index in [9.17, 15) is 4.79 Å². The number of para-hydroxylation sites is 1. The lowest BCUT2D eigenvalue weighted by molar-refractivity contribution is 0.0747. The molecule has 2 aromatic heterocycles. The second-order valence-electron chi connectivity index (χ2n) is 8.07. The largest absolute Gasteiger partial charge is 0.497 e. The number of amides is 1. The van der Waals surface area contributed by atoms with Crippen LogP contribution in [0.15, 0.2) is 73.2 Å². The summed E-state index contributed by atoms with van der Waals surface area (Å²) in [6.07, 6.45) is 5.25. The Bertz CT molecular complexity index is 1300. The minimum atomic E-state index is -0.0753. The van der Waals surface area contributed by atoms with Gasteiger partial charge in [0.15, 0.2) is 0 Å². The van der Waals surface area contributed by atoms with Crippen LogP contribution in [-0.4, -0.2) is 71.0 Å². The molecule has 9 nitrogen and oxygen atoms in total. The molecule has 35 heavy (non-hydrogen) atoms. The molecule has 2 aromatic carbocycles. The average molecular weight is 471 g/mol. The Morgan fingerprint density at radius 2 is 1.63 bits per heavy atom. The molecule has 0 N–H and O–H groups in total. The highest BCUT2D eigenvalue weighted by molar-refractivity contribution is 6.00. The van der Waals surface area contributed by atoms with E-state index in [-0.39, 0.29) is 5.91 Å². The molecule has 1 aliphatic heterocycles. The van der Waals surface area contributed by atoms with Crippen molar-refractivity contribution < 1.29 is 14.3 Å². The molecular formula is C26H26N6O3. The molecule has 1 saturated heterocycles. The zero-order valence-corrected chi connectivity index (χ0v) is 19.7. The van der Waals surface area contributed by atoms with Gasteiger partial charge in [-0.05, 0) is 30.3 Å². The van der Waals surface area contributed by atoms with Crippen molar-refractivity contribution in [2.45, 2.75) is 0 Å². The third-order valence-corrected chi connectivity index (χ3v) is 6.03. The van der Waals surface area contributed by atoms with Gasteiger partial charge in [0, 0.05) is 56.4 Å². The van der Waals surface area contributed by atoms with Crippen molar-refractivity contribution in [2.24, 2.45) is 0 Å². The van der Waals surface area contributed by atoms with E-state index in [1.165, 1.54) is 0 Å². The van der Waals surface area contributed by atoms with Gasteiger partial charge in [0.25, 0.3) is 5.91 Å². The molecular weight excluding hydrogens is 444 g/mol. The van der Waals surface area contributed by atoms with Gasteiger partial charge in [0.2, 0.25) is 5.95 Å². The third-order valence-electron chi connectivity index (χ3n) is 6.03. The van der Waals surface area contributed by atoms with Crippen molar-refractivity contribution in [3.8, 4) is 28.4 Å². The fraction of sp³-hybridized carbons (Fsp3) is 0.231. The van der Waals surface area contributed by atoms with Gasteiger partial charge in [-0.15, -0.1) is 0 Å². The summed E-state index contributed by atoms with van der Waals surface area (Å²) in [6, 6.07) is 17.0. The molecule has 9 heteroatoms. The summed E-state index contributed by atoms with van der Waals surface area (Å²) in [5, 5.41) is 4.81. The number of rotatable bonds is 6. The number of hydrogen-bond donors (Lipinski definition) is 0. The Labute approximate surface area is 203 Å². The molecule has 1 aliphatic rings. The van der Waals surface area contributed by atoms with Crippen LogP contribution in [0.2, 0.25) is 0 Å². The topological polar surface area (TPSA) is 85.6 Å². The molecule has 0 radical (unpaired) electrons. The number of ether oxygens (including phenoxy) is 2. The lowest BCUT2D eigenvalue weighted by Gasteiger charge is -2.34. The van der Waals surface area contributed by atoms with E-state index in [4.69, 9.17) is 14.6 Å². The van der Waals surface area contributed by atoms with Crippen LogP contribution in [0.3, 0.4) is 0 Å². The fourth-order valence-corrected chi connectivity index (χ4v) is 4.17. The van der Waals surface area contributed by atoms with E-state index >= 15 is 0 Å². The first-order valence-corrected chi connectivity index (χ1v) is 11.4. The molecule has 0 saturated carbocycles. The molecule has 5 rings (SSSR count). The summed E-state index contributed by atoms with van der Waals surface area (Å²) in [7, 11) is 3.20. The van der Waals surface area contributed by atoms with Crippen LogP contribution in [-0.2, 0) is 0 Å². The van der Waals surface area contributed by atoms with E-state index in [0.717, 1.165) is 11.3 Å². The molecule has 0 atom stereocenters. The van der Waals surface area contributed by atoms with Gasteiger partial charge in [0.1, 0.15) is 17.2 Å². The van der Waals surface area contributed by atoms with Gasteiger partial charge in [0.05, 0.1) is 25.5 Å². The maximum absolute atomic E-state index is 13.8. The smallest absolute Gasteiger partial charge is 0.257 e. The van der Waals surface area contributed by atoms with Crippen molar-refractivity contribution in [3.05, 3.63) is 78.8 Å². The Morgan fingerprint density at radius 3 is 2.31 bits per heavy atom. The first-order chi connectivity index (χ1) is 17.2. The zero-order valence-electron chi connectivity index (χ0n) is 19.7. The highest BCUT2D eigenvalue weighted by Gasteiger charge is 2.28. The Balaban J connectivity index is 1.48. The summed E-state index contributed by atoms with van der Waals surface area (Å²) < 4.78 is 12.7. The number of aromatic nitrogens is 4. The molecule has 1 fully saturated rings. The maximum atomic E-state index is 13.8. The van der Waals surface area contributed by atoms with Crippen LogP contribution in [0.5, 0.6) is 11.5 Å². The molecule has 3 heterocycles.